The Bertz CT molecular complexity index is 1950. The average Bonchev–Trinajstić information content (AvgIpc) is 3.15. The van der Waals surface area contributed by atoms with Crippen molar-refractivity contribution in [3.8, 4) is 0 Å². The lowest BCUT2D eigenvalue weighted by Gasteiger charge is -2.36. The molecule has 3 N–H and O–H groups in total. The topological polar surface area (TPSA) is 140 Å². The van der Waals surface area contributed by atoms with Crippen molar-refractivity contribution in [1.82, 2.24) is 14.7 Å². The molecule has 4 atom stereocenters. The van der Waals surface area contributed by atoms with Crippen LogP contribution < -0.4 is 10.0 Å². The first-order chi connectivity index (χ1) is 24.3. The van der Waals surface area contributed by atoms with Crippen LogP contribution in [-0.2, 0) is 37.3 Å². The molecule has 0 aliphatic carbocycles. The van der Waals surface area contributed by atoms with Crippen LogP contribution in [-0.4, -0.2) is 47.3 Å². The van der Waals surface area contributed by atoms with Gasteiger partial charge in [0.05, 0.1) is 23.7 Å². The van der Waals surface area contributed by atoms with Crippen LogP contribution in [0.15, 0.2) is 132 Å². The number of nitrogens with zero attached hydrogens (tertiary/aromatic N) is 2. The van der Waals surface area contributed by atoms with Gasteiger partial charge in [-0.05, 0) is 60.4 Å². The SMILES string of the molecule is Cc1ccc(S(=O)(=O)N[C@H](Cc2ccccc2)C(=O)Nc2ccc([C@@H]3O[C@H](CSc4ncccn4)C[C@H](c4ccc(CO)cc4)O3)cc2)cc1. The lowest BCUT2D eigenvalue weighted by molar-refractivity contribution is -0.245. The zero-order valence-corrected chi connectivity index (χ0v) is 29.0. The Labute approximate surface area is 296 Å². The Kier molecular flexibility index (Phi) is 11.7. The number of ether oxygens (including phenoxy) is 2. The van der Waals surface area contributed by atoms with Crippen LogP contribution in [0.3, 0.4) is 0 Å². The van der Waals surface area contributed by atoms with E-state index in [9.17, 15) is 18.3 Å². The van der Waals surface area contributed by atoms with Gasteiger partial charge in [0.1, 0.15) is 6.04 Å². The Morgan fingerprint density at radius 3 is 2.22 bits per heavy atom. The molecule has 6 rings (SSSR count). The molecule has 1 aliphatic heterocycles. The van der Waals surface area contributed by atoms with Gasteiger partial charge in [-0.25, -0.2) is 18.4 Å². The van der Waals surface area contributed by atoms with Gasteiger partial charge in [-0.3, -0.25) is 4.79 Å². The molecule has 0 radical (unpaired) electrons. The van der Waals surface area contributed by atoms with E-state index in [0.717, 1.165) is 27.8 Å². The van der Waals surface area contributed by atoms with Crippen LogP contribution in [0.25, 0.3) is 0 Å². The number of aromatic nitrogens is 2. The number of hydrogen-bond donors (Lipinski definition) is 3. The summed E-state index contributed by atoms with van der Waals surface area (Å²) in [6.07, 6.45) is 3.06. The largest absolute Gasteiger partial charge is 0.392 e. The predicted molar refractivity (Wildman–Crippen MR) is 192 cm³/mol. The van der Waals surface area contributed by atoms with E-state index in [4.69, 9.17) is 9.47 Å². The van der Waals surface area contributed by atoms with Crippen molar-refractivity contribution in [3.63, 3.8) is 0 Å². The maximum absolute atomic E-state index is 13.6. The Morgan fingerprint density at radius 2 is 1.54 bits per heavy atom. The minimum atomic E-state index is -3.98. The van der Waals surface area contributed by atoms with Gasteiger partial charge in [-0.1, -0.05) is 96.2 Å². The quantitative estimate of drug-likeness (QED) is 0.0971. The molecule has 0 saturated carbocycles. The number of hydrogen-bond acceptors (Lipinski definition) is 9. The first-order valence-corrected chi connectivity index (χ1v) is 18.7. The summed E-state index contributed by atoms with van der Waals surface area (Å²) in [6.45, 7) is 1.84. The van der Waals surface area contributed by atoms with E-state index in [1.54, 1.807) is 42.7 Å². The van der Waals surface area contributed by atoms with Gasteiger partial charge in [0, 0.05) is 35.8 Å². The highest BCUT2D eigenvalue weighted by molar-refractivity contribution is 7.99. The fourth-order valence-electron chi connectivity index (χ4n) is 5.51. The number of aliphatic hydroxyl groups is 1. The lowest BCUT2D eigenvalue weighted by atomic mass is 10.0. The van der Waals surface area contributed by atoms with E-state index in [1.165, 1.54) is 23.9 Å². The van der Waals surface area contributed by atoms with E-state index < -0.39 is 28.3 Å². The Hall–Kier alpha value is -4.43. The number of amides is 1. The van der Waals surface area contributed by atoms with Crippen molar-refractivity contribution in [2.24, 2.45) is 0 Å². The van der Waals surface area contributed by atoms with E-state index >= 15 is 0 Å². The molecular weight excluding hydrogens is 673 g/mol. The molecule has 1 aromatic heterocycles. The van der Waals surface area contributed by atoms with Crippen LogP contribution >= 0.6 is 11.8 Å². The number of nitrogens with one attached hydrogen (secondary N) is 2. The molecule has 12 heteroatoms. The normalized spacial score (nSPS) is 18.3. The summed E-state index contributed by atoms with van der Waals surface area (Å²) in [7, 11) is -3.98. The van der Waals surface area contributed by atoms with Gasteiger partial charge >= 0.3 is 0 Å². The first-order valence-electron chi connectivity index (χ1n) is 16.2. The number of aryl methyl sites for hydroxylation is 1. The number of rotatable bonds is 13. The number of benzene rings is 4. The summed E-state index contributed by atoms with van der Waals surface area (Å²) in [4.78, 5) is 22.3. The molecular formula is C38H38N4O6S2. The molecule has 0 unspecified atom stereocenters. The first kappa shape index (κ1) is 35.4. The summed E-state index contributed by atoms with van der Waals surface area (Å²) < 4.78 is 42.1. The molecule has 5 aromatic rings. The van der Waals surface area contributed by atoms with Crippen molar-refractivity contribution in [3.05, 3.63) is 149 Å². The molecule has 0 bridgehead atoms. The van der Waals surface area contributed by atoms with E-state index in [1.807, 2.05) is 73.7 Å². The molecule has 1 fully saturated rings. The summed E-state index contributed by atoms with van der Waals surface area (Å²) in [6, 6.07) is 31.3. The van der Waals surface area contributed by atoms with Crippen LogP contribution in [0.1, 0.15) is 46.6 Å². The average molecular weight is 711 g/mol. The maximum atomic E-state index is 13.6. The highest BCUT2D eigenvalue weighted by atomic mass is 32.2. The summed E-state index contributed by atoms with van der Waals surface area (Å²) >= 11 is 1.51. The third-order valence-corrected chi connectivity index (χ3v) is 10.7. The number of thioether (sulfide) groups is 1. The summed E-state index contributed by atoms with van der Waals surface area (Å²) in [5.41, 5.74) is 4.78. The van der Waals surface area contributed by atoms with Gasteiger partial charge in [-0.15, -0.1) is 0 Å². The molecule has 1 aliphatic rings. The van der Waals surface area contributed by atoms with Crippen molar-refractivity contribution in [2.75, 3.05) is 11.1 Å². The number of carbonyl (C=O) groups is 1. The molecule has 1 amide bonds. The van der Waals surface area contributed by atoms with Gasteiger partial charge < -0.3 is 19.9 Å². The highest BCUT2D eigenvalue weighted by Gasteiger charge is 2.33. The second-order valence-corrected chi connectivity index (χ2v) is 14.7. The van der Waals surface area contributed by atoms with Crippen LogP contribution in [0.5, 0.6) is 0 Å². The molecule has 258 valence electrons. The standard InChI is InChI=1S/C38H38N4O6S2/c1-26-8-18-33(19-9-26)50(45,46)42-34(22-27-6-3-2-4-7-27)36(44)41-31-16-14-30(15-17-31)37-47-32(25-49-38-39-20-5-21-40-38)23-35(48-37)29-12-10-28(24-43)11-13-29/h2-21,32,34-35,37,42-43H,22-25H2,1H3,(H,41,44)/t32-,34+,35+,37+/m0/s1. The second-order valence-electron chi connectivity index (χ2n) is 12.0. The van der Waals surface area contributed by atoms with E-state index in [-0.39, 0.29) is 30.1 Å². The number of anilines is 1. The van der Waals surface area contributed by atoms with Crippen molar-refractivity contribution < 1.29 is 27.8 Å². The number of sulfonamides is 1. The van der Waals surface area contributed by atoms with Gasteiger partial charge in [0.2, 0.25) is 15.9 Å². The maximum Gasteiger partial charge on any atom is 0.242 e. The third kappa shape index (κ3) is 9.42. The molecule has 2 heterocycles. The van der Waals surface area contributed by atoms with Gasteiger partial charge in [0.25, 0.3) is 0 Å². The molecule has 10 nitrogen and oxygen atoms in total. The van der Waals surface area contributed by atoms with Crippen molar-refractivity contribution >= 4 is 33.4 Å². The fraction of sp³-hybridized carbons (Fsp3) is 0.237. The minimum absolute atomic E-state index is 0.0393. The summed E-state index contributed by atoms with van der Waals surface area (Å²) in [5.74, 6) is 0.124. The Morgan fingerprint density at radius 1 is 0.860 bits per heavy atom. The minimum Gasteiger partial charge on any atom is -0.392 e. The Balaban J connectivity index is 1.17. The van der Waals surface area contributed by atoms with E-state index in [2.05, 4.69) is 20.0 Å². The van der Waals surface area contributed by atoms with Crippen LogP contribution in [0.4, 0.5) is 5.69 Å². The zero-order chi connectivity index (χ0) is 34.9. The molecule has 1 saturated heterocycles. The summed E-state index contributed by atoms with van der Waals surface area (Å²) in [5, 5.41) is 13.1. The van der Waals surface area contributed by atoms with Gasteiger partial charge in [-0.2, -0.15) is 4.72 Å². The molecule has 4 aromatic carbocycles. The number of aliphatic hydroxyl groups excluding tert-OH is 1. The van der Waals surface area contributed by atoms with Crippen LogP contribution in [0, 0.1) is 6.92 Å². The van der Waals surface area contributed by atoms with Crippen LogP contribution in [0.2, 0.25) is 0 Å². The third-order valence-electron chi connectivity index (χ3n) is 8.23. The molecule has 0 spiro atoms. The number of carbonyl (C=O) groups excluding carboxylic acids is 1. The lowest BCUT2D eigenvalue weighted by Crippen LogP contribution is -2.45. The monoisotopic (exact) mass is 710 g/mol. The predicted octanol–water partition coefficient (Wildman–Crippen LogP) is 6.14. The van der Waals surface area contributed by atoms with Gasteiger partial charge in [0.15, 0.2) is 11.4 Å². The fourth-order valence-corrected chi connectivity index (χ4v) is 7.53. The van der Waals surface area contributed by atoms with Crippen molar-refractivity contribution in [2.45, 2.75) is 61.0 Å². The van der Waals surface area contributed by atoms with E-state index in [0.29, 0.717) is 23.0 Å². The zero-order valence-electron chi connectivity index (χ0n) is 27.4. The highest BCUT2D eigenvalue weighted by Crippen LogP contribution is 2.39. The molecule has 50 heavy (non-hydrogen) atoms. The second kappa shape index (κ2) is 16.5. The smallest absolute Gasteiger partial charge is 0.242 e. The van der Waals surface area contributed by atoms with Crippen molar-refractivity contribution in [1.29, 1.82) is 0 Å².